The first-order chi connectivity index (χ1) is 15.7. The Morgan fingerprint density at radius 3 is 2.66 bits per heavy atom. The zero-order valence-corrected chi connectivity index (χ0v) is 17.9. The molecule has 0 saturated carbocycles. The summed E-state index contributed by atoms with van der Waals surface area (Å²) < 4.78 is 26.5. The van der Waals surface area contributed by atoms with E-state index in [0.717, 1.165) is 49.3 Å². The quantitative estimate of drug-likeness (QED) is 0.638. The van der Waals surface area contributed by atoms with E-state index in [4.69, 9.17) is 9.47 Å². The van der Waals surface area contributed by atoms with E-state index in [2.05, 4.69) is 15.2 Å². The first-order valence-corrected chi connectivity index (χ1v) is 11.1. The number of nitrogens with one attached hydrogen (secondary N) is 1. The molecule has 0 radical (unpaired) electrons. The number of aromatic nitrogens is 2. The molecule has 2 aliphatic rings. The fourth-order valence-corrected chi connectivity index (χ4v) is 4.43. The van der Waals surface area contributed by atoms with Crippen LogP contribution in [-0.4, -0.2) is 53.3 Å². The molecule has 0 unspecified atom stereocenters. The average Bonchev–Trinajstić information content (AvgIpc) is 2.82. The van der Waals surface area contributed by atoms with Crippen molar-refractivity contribution in [3.8, 4) is 11.5 Å². The van der Waals surface area contributed by atoms with E-state index in [1.165, 1.54) is 12.1 Å². The number of rotatable bonds is 6. The molecule has 0 amide bonds. The highest BCUT2D eigenvalue weighted by Crippen LogP contribution is 2.29. The molecular formula is C24H27FN4O3. The molecule has 8 heteroatoms. The number of fused-ring (bicyclic) bond motifs is 2. The smallest absolute Gasteiger partial charge is 0.251 e. The van der Waals surface area contributed by atoms with Crippen LogP contribution in [-0.2, 0) is 13.1 Å². The Balaban J connectivity index is 1.13. The molecule has 2 aliphatic heterocycles. The summed E-state index contributed by atoms with van der Waals surface area (Å²) in [5.41, 5.74) is 1.51. The van der Waals surface area contributed by atoms with Gasteiger partial charge in [0.15, 0.2) is 11.5 Å². The molecule has 5 rings (SSSR count). The van der Waals surface area contributed by atoms with Crippen molar-refractivity contribution in [2.24, 2.45) is 0 Å². The normalized spacial score (nSPS) is 17.0. The van der Waals surface area contributed by atoms with Gasteiger partial charge >= 0.3 is 0 Å². The molecule has 0 aliphatic carbocycles. The SMILES string of the molecule is O=c1ccc2ccc(F)cc2n1CCN1CCC(NCc2cc3c(cn2)OCCO3)CC1. The average molecular weight is 439 g/mol. The number of halogens is 1. The third-order valence-corrected chi connectivity index (χ3v) is 6.24. The van der Waals surface area contributed by atoms with Crippen LogP contribution in [0.25, 0.3) is 10.9 Å². The highest BCUT2D eigenvalue weighted by atomic mass is 19.1. The number of ether oxygens (including phenoxy) is 2. The van der Waals surface area contributed by atoms with Gasteiger partial charge in [-0.15, -0.1) is 0 Å². The van der Waals surface area contributed by atoms with Crippen LogP contribution < -0.4 is 20.3 Å². The lowest BCUT2D eigenvalue weighted by atomic mass is 10.0. The Labute approximate surface area is 185 Å². The summed E-state index contributed by atoms with van der Waals surface area (Å²) in [4.78, 5) is 19.2. The van der Waals surface area contributed by atoms with Crippen molar-refractivity contribution < 1.29 is 13.9 Å². The van der Waals surface area contributed by atoms with Gasteiger partial charge in [0.05, 0.1) is 17.4 Å². The Kier molecular flexibility index (Phi) is 6.05. The fraction of sp³-hybridized carbons (Fsp3) is 0.417. The predicted molar refractivity (Wildman–Crippen MR) is 120 cm³/mol. The van der Waals surface area contributed by atoms with Gasteiger partial charge in [-0.25, -0.2) is 4.39 Å². The number of likely N-dealkylation sites (tertiary alicyclic amines) is 1. The molecule has 1 N–H and O–H groups in total. The Hall–Kier alpha value is -2.97. The van der Waals surface area contributed by atoms with Crippen LogP contribution in [0.5, 0.6) is 11.5 Å². The molecule has 7 nitrogen and oxygen atoms in total. The van der Waals surface area contributed by atoms with Crippen LogP contribution >= 0.6 is 0 Å². The van der Waals surface area contributed by atoms with E-state index in [1.807, 2.05) is 6.07 Å². The minimum Gasteiger partial charge on any atom is -0.486 e. The highest BCUT2D eigenvalue weighted by Gasteiger charge is 2.20. The minimum atomic E-state index is -0.323. The molecule has 168 valence electrons. The van der Waals surface area contributed by atoms with E-state index < -0.39 is 0 Å². The van der Waals surface area contributed by atoms with E-state index in [1.54, 1.807) is 29.0 Å². The lowest BCUT2D eigenvalue weighted by Crippen LogP contribution is -2.43. The van der Waals surface area contributed by atoms with Gasteiger partial charge in [0.25, 0.3) is 5.56 Å². The Morgan fingerprint density at radius 2 is 1.81 bits per heavy atom. The predicted octanol–water partition coefficient (Wildman–Crippen LogP) is 2.56. The molecule has 2 aromatic heterocycles. The van der Waals surface area contributed by atoms with Gasteiger partial charge in [0.1, 0.15) is 19.0 Å². The maximum absolute atomic E-state index is 13.7. The standard InChI is InChI=1S/C24H27FN4O3/c25-18-3-1-17-2-4-24(30)29(21(17)13-18)10-9-28-7-5-19(6-8-28)26-15-20-14-22-23(16-27-20)32-12-11-31-22/h1-4,13-14,16,19,26H,5-12,15H2. The third kappa shape index (κ3) is 4.61. The van der Waals surface area contributed by atoms with Gasteiger partial charge in [-0.05, 0) is 55.6 Å². The molecule has 1 aromatic carbocycles. The molecule has 1 fully saturated rings. The van der Waals surface area contributed by atoms with Crippen LogP contribution in [0.1, 0.15) is 18.5 Å². The molecule has 1 saturated heterocycles. The molecular weight excluding hydrogens is 411 g/mol. The number of hydrogen-bond donors (Lipinski definition) is 1. The van der Waals surface area contributed by atoms with Gasteiger partial charge in [-0.3, -0.25) is 9.78 Å². The summed E-state index contributed by atoms with van der Waals surface area (Å²) in [6.07, 6.45) is 3.79. The molecule has 0 spiro atoms. The lowest BCUT2D eigenvalue weighted by molar-refractivity contribution is 0.170. The van der Waals surface area contributed by atoms with Crippen LogP contribution in [0, 0.1) is 5.82 Å². The number of piperidine rings is 1. The van der Waals surface area contributed by atoms with Crippen LogP contribution in [0.2, 0.25) is 0 Å². The van der Waals surface area contributed by atoms with Crippen molar-refractivity contribution >= 4 is 10.9 Å². The van der Waals surface area contributed by atoms with Gasteiger partial charge in [-0.1, -0.05) is 0 Å². The summed E-state index contributed by atoms with van der Waals surface area (Å²) in [5.74, 6) is 1.15. The maximum atomic E-state index is 13.7. The largest absolute Gasteiger partial charge is 0.486 e. The summed E-state index contributed by atoms with van der Waals surface area (Å²) in [5, 5.41) is 4.47. The molecule has 4 heterocycles. The van der Waals surface area contributed by atoms with E-state index in [-0.39, 0.29) is 11.4 Å². The van der Waals surface area contributed by atoms with Crippen LogP contribution in [0.4, 0.5) is 4.39 Å². The number of benzene rings is 1. The highest BCUT2D eigenvalue weighted by molar-refractivity contribution is 5.78. The van der Waals surface area contributed by atoms with E-state index in [9.17, 15) is 9.18 Å². The second-order valence-electron chi connectivity index (χ2n) is 8.34. The maximum Gasteiger partial charge on any atom is 0.251 e. The zero-order valence-electron chi connectivity index (χ0n) is 17.9. The van der Waals surface area contributed by atoms with Crippen molar-refractivity contribution in [3.63, 3.8) is 0 Å². The van der Waals surface area contributed by atoms with Gasteiger partial charge < -0.3 is 24.3 Å². The Bertz CT molecular complexity index is 1160. The molecule has 32 heavy (non-hydrogen) atoms. The Morgan fingerprint density at radius 1 is 1.03 bits per heavy atom. The van der Waals surface area contributed by atoms with Crippen molar-refractivity contribution in [2.75, 3.05) is 32.8 Å². The second-order valence-corrected chi connectivity index (χ2v) is 8.34. The lowest BCUT2D eigenvalue weighted by Gasteiger charge is -2.32. The van der Waals surface area contributed by atoms with Crippen LogP contribution in [0.3, 0.4) is 0 Å². The minimum absolute atomic E-state index is 0.0911. The van der Waals surface area contributed by atoms with E-state index in [0.29, 0.717) is 43.6 Å². The number of nitrogens with zero attached hydrogens (tertiary/aromatic N) is 3. The first-order valence-electron chi connectivity index (χ1n) is 11.1. The third-order valence-electron chi connectivity index (χ3n) is 6.24. The molecule has 0 atom stereocenters. The summed E-state index contributed by atoms with van der Waals surface area (Å²) in [6, 6.07) is 10.3. The zero-order chi connectivity index (χ0) is 21.9. The number of hydrogen-bond acceptors (Lipinski definition) is 6. The van der Waals surface area contributed by atoms with Gasteiger partial charge in [-0.2, -0.15) is 0 Å². The van der Waals surface area contributed by atoms with Crippen LogP contribution in [0.15, 0.2) is 47.4 Å². The number of pyridine rings is 2. The van der Waals surface area contributed by atoms with Crippen molar-refractivity contribution in [3.05, 3.63) is 64.5 Å². The second kappa shape index (κ2) is 9.26. The monoisotopic (exact) mass is 438 g/mol. The van der Waals surface area contributed by atoms with Crippen molar-refractivity contribution in [1.29, 1.82) is 0 Å². The fourth-order valence-electron chi connectivity index (χ4n) is 4.43. The topological polar surface area (TPSA) is 68.6 Å². The summed E-state index contributed by atoms with van der Waals surface area (Å²) >= 11 is 0. The molecule has 0 bridgehead atoms. The van der Waals surface area contributed by atoms with E-state index >= 15 is 0 Å². The summed E-state index contributed by atoms with van der Waals surface area (Å²) in [7, 11) is 0. The molecule has 3 aromatic rings. The van der Waals surface area contributed by atoms with Crippen molar-refractivity contribution in [2.45, 2.75) is 32.0 Å². The van der Waals surface area contributed by atoms with Gasteiger partial charge in [0.2, 0.25) is 0 Å². The van der Waals surface area contributed by atoms with Gasteiger partial charge in [0, 0.05) is 37.8 Å². The summed E-state index contributed by atoms with van der Waals surface area (Å²) in [6.45, 7) is 5.07. The van der Waals surface area contributed by atoms with Crippen molar-refractivity contribution in [1.82, 2.24) is 19.8 Å². The first kappa shape index (κ1) is 20.9.